The summed E-state index contributed by atoms with van der Waals surface area (Å²) >= 11 is 3.39. The van der Waals surface area contributed by atoms with Gasteiger partial charge in [0.05, 0.1) is 0 Å². The van der Waals surface area contributed by atoms with Crippen molar-refractivity contribution in [1.29, 1.82) is 0 Å². The minimum atomic E-state index is 0.539. The molecule has 2 rings (SSSR count). The first-order chi connectivity index (χ1) is 6.74. The van der Waals surface area contributed by atoms with E-state index in [1.54, 1.807) is 0 Å². The predicted octanol–water partition coefficient (Wildman–Crippen LogP) is 2.35. The highest BCUT2D eigenvalue weighted by atomic mass is 79.9. The molecule has 0 aliphatic heterocycles. The first-order valence-corrected chi connectivity index (χ1v) is 5.07. The number of H-pyrrole nitrogens is 1. The maximum Gasteiger partial charge on any atom is 0.145 e. The molecule has 2 aromatic rings. The zero-order chi connectivity index (χ0) is 9.97. The average Bonchev–Trinajstić information content (AvgIpc) is 2.56. The Morgan fingerprint density at radius 1 is 1.29 bits per heavy atom. The molecule has 0 fully saturated rings. The van der Waals surface area contributed by atoms with Crippen molar-refractivity contribution in [3.8, 4) is 0 Å². The molecule has 72 valence electrons. The molecule has 4 heteroatoms. The van der Waals surface area contributed by atoms with Crippen molar-refractivity contribution in [3.63, 3.8) is 0 Å². The highest BCUT2D eigenvalue weighted by molar-refractivity contribution is 9.10. The second-order valence-electron chi connectivity index (χ2n) is 3.12. The van der Waals surface area contributed by atoms with Crippen molar-refractivity contribution >= 4 is 21.7 Å². The van der Waals surface area contributed by atoms with Gasteiger partial charge in [0.15, 0.2) is 0 Å². The zero-order valence-corrected chi connectivity index (χ0v) is 9.08. The molecule has 0 saturated heterocycles. The largest absolute Gasteiger partial charge is 0.382 e. The molecular formula is C10H10BrN3. The average molecular weight is 252 g/mol. The van der Waals surface area contributed by atoms with Gasteiger partial charge in [-0.1, -0.05) is 28.1 Å². The van der Waals surface area contributed by atoms with E-state index in [0.717, 1.165) is 16.6 Å². The van der Waals surface area contributed by atoms with Crippen LogP contribution in [0.4, 0.5) is 5.82 Å². The van der Waals surface area contributed by atoms with E-state index >= 15 is 0 Å². The Balaban J connectivity index is 2.15. The van der Waals surface area contributed by atoms with Crippen molar-refractivity contribution in [3.05, 3.63) is 46.1 Å². The fraction of sp³-hybridized carbons (Fsp3) is 0.100. The van der Waals surface area contributed by atoms with E-state index < -0.39 is 0 Å². The second kappa shape index (κ2) is 3.84. The van der Waals surface area contributed by atoms with Crippen LogP contribution < -0.4 is 5.73 Å². The van der Waals surface area contributed by atoms with E-state index in [4.69, 9.17) is 5.73 Å². The summed E-state index contributed by atoms with van der Waals surface area (Å²) in [6.07, 6.45) is 0.831. The number of hydrogen-bond donors (Lipinski definition) is 2. The summed E-state index contributed by atoms with van der Waals surface area (Å²) in [7, 11) is 0. The lowest BCUT2D eigenvalue weighted by Crippen LogP contribution is -1.87. The van der Waals surface area contributed by atoms with Gasteiger partial charge in [-0.25, -0.2) is 0 Å². The van der Waals surface area contributed by atoms with Gasteiger partial charge in [0.1, 0.15) is 5.82 Å². The van der Waals surface area contributed by atoms with Crippen molar-refractivity contribution in [2.75, 3.05) is 5.73 Å². The molecule has 14 heavy (non-hydrogen) atoms. The number of halogens is 1. The molecule has 0 radical (unpaired) electrons. The summed E-state index contributed by atoms with van der Waals surface area (Å²) < 4.78 is 1.09. The Labute approximate surface area is 90.5 Å². The maximum absolute atomic E-state index is 5.51. The van der Waals surface area contributed by atoms with E-state index in [1.165, 1.54) is 5.56 Å². The van der Waals surface area contributed by atoms with Crippen molar-refractivity contribution in [2.45, 2.75) is 6.42 Å². The van der Waals surface area contributed by atoms with Gasteiger partial charge < -0.3 is 5.73 Å². The molecule has 1 aromatic heterocycles. The number of aromatic amines is 1. The van der Waals surface area contributed by atoms with Crippen LogP contribution in [0.2, 0.25) is 0 Å². The Morgan fingerprint density at radius 3 is 2.57 bits per heavy atom. The lowest BCUT2D eigenvalue weighted by molar-refractivity contribution is 0.999. The van der Waals surface area contributed by atoms with E-state index in [9.17, 15) is 0 Å². The molecule has 0 bridgehead atoms. The third-order valence-corrected chi connectivity index (χ3v) is 2.49. The number of nitrogens with one attached hydrogen (secondary N) is 1. The van der Waals surface area contributed by atoms with Gasteiger partial charge in [-0.15, -0.1) is 0 Å². The van der Waals surface area contributed by atoms with Crippen LogP contribution in [0.15, 0.2) is 34.8 Å². The molecule has 0 atom stereocenters. The standard InChI is InChI=1S/C10H10BrN3/c11-8-3-1-7(2-4-8)5-9-6-10(12)14-13-9/h1-4,6H,5H2,(H3,12,13,14). The predicted molar refractivity (Wildman–Crippen MR) is 59.9 cm³/mol. The molecule has 0 aliphatic rings. The number of nitrogens with zero attached hydrogens (tertiary/aromatic N) is 1. The molecular weight excluding hydrogens is 242 g/mol. The molecule has 0 aliphatic carbocycles. The monoisotopic (exact) mass is 251 g/mol. The SMILES string of the molecule is Nc1cc(Cc2ccc(Br)cc2)[nH]n1. The van der Waals surface area contributed by atoms with Crippen LogP contribution in [0.1, 0.15) is 11.3 Å². The number of hydrogen-bond acceptors (Lipinski definition) is 2. The fourth-order valence-corrected chi connectivity index (χ4v) is 1.56. The number of benzene rings is 1. The number of nitrogens with two attached hydrogens (primary N) is 1. The highest BCUT2D eigenvalue weighted by Crippen LogP contribution is 2.13. The zero-order valence-electron chi connectivity index (χ0n) is 7.50. The quantitative estimate of drug-likeness (QED) is 0.861. The summed E-state index contributed by atoms with van der Waals surface area (Å²) in [6.45, 7) is 0. The van der Waals surface area contributed by atoms with E-state index in [0.29, 0.717) is 5.82 Å². The summed E-state index contributed by atoms with van der Waals surface area (Å²) in [6, 6.07) is 10.0. The van der Waals surface area contributed by atoms with Crippen molar-refractivity contribution in [2.24, 2.45) is 0 Å². The van der Waals surface area contributed by atoms with E-state index in [-0.39, 0.29) is 0 Å². The molecule has 1 aromatic carbocycles. The minimum absolute atomic E-state index is 0.539. The number of aromatic nitrogens is 2. The van der Waals surface area contributed by atoms with E-state index in [2.05, 4.69) is 38.3 Å². The van der Waals surface area contributed by atoms with Crippen LogP contribution >= 0.6 is 15.9 Å². The fourth-order valence-electron chi connectivity index (χ4n) is 1.29. The number of rotatable bonds is 2. The Kier molecular flexibility index (Phi) is 2.54. The third kappa shape index (κ3) is 2.14. The van der Waals surface area contributed by atoms with Crippen LogP contribution in [0.3, 0.4) is 0 Å². The van der Waals surface area contributed by atoms with Gasteiger partial charge in [0.25, 0.3) is 0 Å². The van der Waals surface area contributed by atoms with E-state index in [1.807, 2.05) is 18.2 Å². The van der Waals surface area contributed by atoms with Crippen LogP contribution in [0.5, 0.6) is 0 Å². The Hall–Kier alpha value is -1.29. The topological polar surface area (TPSA) is 54.7 Å². The molecule has 0 spiro atoms. The van der Waals surface area contributed by atoms with Gasteiger partial charge in [-0.3, -0.25) is 5.10 Å². The molecule has 0 unspecified atom stereocenters. The first-order valence-electron chi connectivity index (χ1n) is 4.28. The minimum Gasteiger partial charge on any atom is -0.382 e. The number of anilines is 1. The first kappa shape index (κ1) is 9.27. The highest BCUT2D eigenvalue weighted by Gasteiger charge is 1.99. The second-order valence-corrected chi connectivity index (χ2v) is 4.04. The molecule has 3 nitrogen and oxygen atoms in total. The molecule has 0 amide bonds. The van der Waals surface area contributed by atoms with Gasteiger partial charge in [0.2, 0.25) is 0 Å². The lowest BCUT2D eigenvalue weighted by atomic mass is 10.1. The van der Waals surface area contributed by atoms with Crippen LogP contribution in [0.25, 0.3) is 0 Å². The normalized spacial score (nSPS) is 10.4. The molecule has 3 N–H and O–H groups in total. The van der Waals surface area contributed by atoms with Crippen LogP contribution in [-0.2, 0) is 6.42 Å². The maximum atomic E-state index is 5.51. The van der Waals surface area contributed by atoms with Gasteiger partial charge in [-0.05, 0) is 17.7 Å². The summed E-state index contributed by atoms with van der Waals surface area (Å²) in [5, 5.41) is 6.76. The van der Waals surface area contributed by atoms with Crippen molar-refractivity contribution < 1.29 is 0 Å². The number of nitrogen functional groups attached to an aromatic ring is 1. The Bertz CT molecular complexity index is 419. The van der Waals surface area contributed by atoms with Crippen molar-refractivity contribution in [1.82, 2.24) is 10.2 Å². The van der Waals surface area contributed by atoms with Gasteiger partial charge in [-0.2, -0.15) is 5.10 Å². The smallest absolute Gasteiger partial charge is 0.145 e. The summed E-state index contributed by atoms with van der Waals surface area (Å²) in [5.41, 5.74) is 7.77. The molecule has 1 heterocycles. The lowest BCUT2D eigenvalue weighted by Gasteiger charge is -1.98. The summed E-state index contributed by atoms with van der Waals surface area (Å²) in [5.74, 6) is 0.539. The Morgan fingerprint density at radius 2 is 2.00 bits per heavy atom. The summed E-state index contributed by atoms with van der Waals surface area (Å²) in [4.78, 5) is 0. The van der Waals surface area contributed by atoms with Gasteiger partial charge in [0, 0.05) is 22.7 Å². The van der Waals surface area contributed by atoms with Crippen LogP contribution in [-0.4, -0.2) is 10.2 Å². The molecule has 0 saturated carbocycles. The third-order valence-electron chi connectivity index (χ3n) is 1.96. The van der Waals surface area contributed by atoms with Gasteiger partial charge >= 0.3 is 0 Å². The van der Waals surface area contributed by atoms with Crippen LogP contribution in [0, 0.1) is 0 Å².